The molecule has 102 valence electrons. The number of halogens is 1. The number of nitrogens with two attached hydrogens (primary N) is 2. The highest BCUT2D eigenvalue weighted by atomic mass is 35.5. The second kappa shape index (κ2) is 8.40. The van der Waals surface area contributed by atoms with Crippen molar-refractivity contribution in [2.45, 2.75) is 51.4 Å². The molecular formula is C13H23ClN4. The van der Waals surface area contributed by atoms with Gasteiger partial charge < -0.3 is 0 Å². The van der Waals surface area contributed by atoms with E-state index >= 15 is 0 Å². The molecule has 2 rings (SSSR count). The quantitative estimate of drug-likeness (QED) is 0.654. The first-order chi connectivity index (χ1) is 8.81. The van der Waals surface area contributed by atoms with E-state index in [0.29, 0.717) is 11.1 Å². The minimum atomic E-state index is 0.520. The zero-order chi connectivity index (χ0) is 13.4. The van der Waals surface area contributed by atoms with Crippen LogP contribution in [0.5, 0.6) is 0 Å². The van der Waals surface area contributed by atoms with E-state index in [1.165, 1.54) is 32.1 Å². The Morgan fingerprint density at radius 3 is 2.50 bits per heavy atom. The summed E-state index contributed by atoms with van der Waals surface area (Å²) in [6.07, 6.45) is 11.4. The van der Waals surface area contributed by atoms with Gasteiger partial charge in [0.05, 0.1) is 11.9 Å². The van der Waals surface area contributed by atoms with Crippen LogP contribution in [0.15, 0.2) is 12.4 Å². The lowest BCUT2D eigenvalue weighted by molar-refractivity contribution is 0.295. The van der Waals surface area contributed by atoms with Gasteiger partial charge in [-0.25, -0.2) is 4.98 Å². The van der Waals surface area contributed by atoms with Crippen molar-refractivity contribution in [3.63, 3.8) is 0 Å². The van der Waals surface area contributed by atoms with Crippen LogP contribution >= 0.6 is 11.6 Å². The zero-order valence-corrected chi connectivity index (χ0v) is 11.7. The topological polar surface area (TPSA) is 77.8 Å². The van der Waals surface area contributed by atoms with Crippen molar-refractivity contribution in [1.29, 1.82) is 0 Å². The molecule has 4 nitrogen and oxygen atoms in total. The Balaban J connectivity index is 0.000000771. The molecule has 1 aliphatic rings. The van der Waals surface area contributed by atoms with Gasteiger partial charge in [0.25, 0.3) is 0 Å². The Hall–Kier alpha value is -0.710. The molecule has 1 fully saturated rings. The highest BCUT2D eigenvalue weighted by Gasteiger charge is 2.24. The number of nitrogens with zero attached hydrogens (tertiary/aromatic N) is 2. The van der Waals surface area contributed by atoms with Gasteiger partial charge in [-0.15, -0.1) is 0 Å². The third kappa shape index (κ3) is 4.19. The molecule has 1 aromatic heterocycles. The van der Waals surface area contributed by atoms with Crippen LogP contribution < -0.4 is 11.7 Å². The predicted octanol–water partition coefficient (Wildman–Crippen LogP) is 3.02. The molecule has 0 amide bonds. The Labute approximate surface area is 114 Å². The monoisotopic (exact) mass is 270 g/mol. The van der Waals surface area contributed by atoms with Crippen LogP contribution in [0.3, 0.4) is 0 Å². The lowest BCUT2D eigenvalue weighted by Gasteiger charge is -2.29. The third-order valence-corrected chi connectivity index (χ3v) is 3.84. The van der Waals surface area contributed by atoms with Gasteiger partial charge in [-0.2, -0.15) is 0 Å². The van der Waals surface area contributed by atoms with Gasteiger partial charge in [0.15, 0.2) is 0 Å². The maximum absolute atomic E-state index is 5.91. The van der Waals surface area contributed by atoms with Gasteiger partial charge in [-0.3, -0.25) is 16.7 Å². The third-order valence-electron chi connectivity index (χ3n) is 3.66. The smallest absolute Gasteiger partial charge is 0.147 e. The van der Waals surface area contributed by atoms with Crippen LogP contribution in [-0.4, -0.2) is 9.97 Å². The molecule has 5 heteroatoms. The second-order valence-corrected chi connectivity index (χ2v) is 5.07. The molecule has 1 aliphatic carbocycles. The highest BCUT2D eigenvalue weighted by Crippen LogP contribution is 2.37. The molecule has 1 aromatic rings. The van der Waals surface area contributed by atoms with E-state index in [9.17, 15) is 0 Å². The van der Waals surface area contributed by atoms with Crippen molar-refractivity contribution in [2.75, 3.05) is 0 Å². The van der Waals surface area contributed by atoms with Crippen LogP contribution in [0.4, 0.5) is 0 Å². The molecule has 1 saturated carbocycles. The standard InChI is InChI=1S/C13H19ClN2.H4N2/c1-2-11(10-6-4-3-5-7-10)12-8-15-9-13(14)16-12;1-2/h8-11H,2-7H2,1H3;1-2H2. The van der Waals surface area contributed by atoms with Crippen molar-refractivity contribution in [1.82, 2.24) is 9.97 Å². The highest BCUT2D eigenvalue weighted by molar-refractivity contribution is 6.29. The zero-order valence-electron chi connectivity index (χ0n) is 11.0. The van der Waals surface area contributed by atoms with E-state index in [1.54, 1.807) is 6.20 Å². The van der Waals surface area contributed by atoms with Gasteiger partial charge >= 0.3 is 0 Å². The van der Waals surface area contributed by atoms with E-state index in [-0.39, 0.29) is 0 Å². The lowest BCUT2D eigenvalue weighted by Crippen LogP contribution is -2.17. The summed E-state index contributed by atoms with van der Waals surface area (Å²) in [4.78, 5) is 8.58. The van der Waals surface area contributed by atoms with E-state index in [4.69, 9.17) is 11.6 Å². The van der Waals surface area contributed by atoms with Gasteiger partial charge in [-0.05, 0) is 25.2 Å². The SMILES string of the molecule is CCC(c1cncc(Cl)n1)C1CCCCC1.NN. The number of hydrogen-bond donors (Lipinski definition) is 2. The minimum absolute atomic E-state index is 0.520. The van der Waals surface area contributed by atoms with Crippen LogP contribution in [0.25, 0.3) is 0 Å². The van der Waals surface area contributed by atoms with E-state index < -0.39 is 0 Å². The van der Waals surface area contributed by atoms with Crippen molar-refractivity contribution < 1.29 is 0 Å². The van der Waals surface area contributed by atoms with E-state index in [1.807, 2.05) is 6.20 Å². The second-order valence-electron chi connectivity index (χ2n) is 4.68. The van der Waals surface area contributed by atoms with Gasteiger partial charge in [0, 0.05) is 12.1 Å². The normalized spacial score (nSPS) is 17.8. The summed E-state index contributed by atoms with van der Waals surface area (Å²) in [5.74, 6) is 9.33. The molecule has 0 aromatic carbocycles. The Bertz CT molecular complexity index is 340. The molecule has 0 saturated heterocycles. The fraction of sp³-hybridized carbons (Fsp3) is 0.692. The summed E-state index contributed by atoms with van der Waals surface area (Å²) in [7, 11) is 0. The van der Waals surface area contributed by atoms with Gasteiger partial charge in [0.1, 0.15) is 5.15 Å². The number of hydrazine groups is 1. The van der Waals surface area contributed by atoms with Crippen LogP contribution in [-0.2, 0) is 0 Å². The summed E-state index contributed by atoms with van der Waals surface area (Å²) >= 11 is 5.91. The lowest BCUT2D eigenvalue weighted by atomic mass is 9.77. The van der Waals surface area contributed by atoms with Crippen LogP contribution in [0.1, 0.15) is 57.1 Å². The molecule has 0 spiro atoms. The molecule has 0 aliphatic heterocycles. The Morgan fingerprint density at radius 2 is 1.94 bits per heavy atom. The molecule has 1 unspecified atom stereocenters. The van der Waals surface area contributed by atoms with Crippen molar-refractivity contribution in [2.24, 2.45) is 17.6 Å². The number of aromatic nitrogens is 2. The number of hydrogen-bond acceptors (Lipinski definition) is 4. The first kappa shape index (κ1) is 15.3. The summed E-state index contributed by atoms with van der Waals surface area (Å²) in [6.45, 7) is 2.24. The summed E-state index contributed by atoms with van der Waals surface area (Å²) < 4.78 is 0. The molecule has 18 heavy (non-hydrogen) atoms. The predicted molar refractivity (Wildman–Crippen MR) is 75.0 cm³/mol. The maximum Gasteiger partial charge on any atom is 0.147 e. The average molecular weight is 271 g/mol. The molecule has 0 bridgehead atoms. The van der Waals surface area contributed by atoms with Crippen LogP contribution in [0.2, 0.25) is 5.15 Å². The molecule has 0 radical (unpaired) electrons. The average Bonchev–Trinajstić information content (AvgIpc) is 2.43. The van der Waals surface area contributed by atoms with Crippen molar-refractivity contribution in [3.8, 4) is 0 Å². The van der Waals surface area contributed by atoms with Crippen LogP contribution in [0, 0.1) is 5.92 Å². The first-order valence-corrected chi connectivity index (χ1v) is 7.00. The summed E-state index contributed by atoms with van der Waals surface area (Å²) in [6, 6.07) is 0. The first-order valence-electron chi connectivity index (χ1n) is 6.62. The van der Waals surface area contributed by atoms with E-state index in [2.05, 4.69) is 28.6 Å². The van der Waals surface area contributed by atoms with Crippen molar-refractivity contribution in [3.05, 3.63) is 23.2 Å². The van der Waals surface area contributed by atoms with Gasteiger partial charge in [0.2, 0.25) is 0 Å². The summed E-state index contributed by atoms with van der Waals surface area (Å²) in [5.41, 5.74) is 1.09. The van der Waals surface area contributed by atoms with Crippen molar-refractivity contribution >= 4 is 11.6 Å². The Kier molecular flexibility index (Phi) is 7.16. The Morgan fingerprint density at radius 1 is 1.28 bits per heavy atom. The maximum atomic E-state index is 5.91. The summed E-state index contributed by atoms with van der Waals surface area (Å²) in [5, 5.41) is 0.520. The molecule has 4 N–H and O–H groups in total. The molecule has 1 atom stereocenters. The molecule has 1 heterocycles. The fourth-order valence-corrected chi connectivity index (χ4v) is 3.01. The largest absolute Gasteiger partial charge is 0.274 e. The number of rotatable bonds is 3. The molecular weight excluding hydrogens is 248 g/mol. The minimum Gasteiger partial charge on any atom is -0.274 e. The fourth-order valence-electron chi connectivity index (χ4n) is 2.86. The van der Waals surface area contributed by atoms with Gasteiger partial charge in [-0.1, -0.05) is 37.8 Å². The van der Waals surface area contributed by atoms with E-state index in [0.717, 1.165) is 18.0 Å².